The van der Waals surface area contributed by atoms with Crippen molar-refractivity contribution in [3.05, 3.63) is 94.0 Å². The molecule has 42 heavy (non-hydrogen) atoms. The number of anilines is 1. The van der Waals surface area contributed by atoms with Crippen LogP contribution in [0.1, 0.15) is 58.1 Å². The van der Waals surface area contributed by atoms with Crippen LogP contribution in [0.15, 0.2) is 77.7 Å². The summed E-state index contributed by atoms with van der Waals surface area (Å²) in [6.07, 6.45) is 0.298. The number of hydrogen-bond acceptors (Lipinski definition) is 4. The molecule has 3 aromatic rings. The maximum absolute atomic E-state index is 14.2. The monoisotopic (exact) mass is 631 g/mol. The molecule has 2 amide bonds. The lowest BCUT2D eigenvalue weighted by molar-refractivity contribution is -0.140. The highest BCUT2D eigenvalue weighted by molar-refractivity contribution is 7.92. The normalized spacial score (nSPS) is 12.3. The van der Waals surface area contributed by atoms with Crippen LogP contribution in [0, 0.1) is 5.92 Å². The predicted octanol–water partition coefficient (Wildman–Crippen LogP) is 6.89. The van der Waals surface area contributed by atoms with Gasteiger partial charge in [0.15, 0.2) is 0 Å². The van der Waals surface area contributed by atoms with E-state index < -0.39 is 28.5 Å². The number of carbonyl (C=O) groups excluding carboxylic acids is 2. The van der Waals surface area contributed by atoms with Crippen LogP contribution in [0.2, 0.25) is 10.0 Å². The fourth-order valence-electron chi connectivity index (χ4n) is 4.47. The molecule has 1 atom stereocenters. The van der Waals surface area contributed by atoms with Crippen molar-refractivity contribution in [3.8, 4) is 0 Å². The molecule has 0 aliphatic carbocycles. The average Bonchev–Trinajstić information content (AvgIpc) is 2.96. The van der Waals surface area contributed by atoms with E-state index in [0.29, 0.717) is 34.3 Å². The van der Waals surface area contributed by atoms with Gasteiger partial charge in [-0.05, 0) is 60.2 Å². The summed E-state index contributed by atoms with van der Waals surface area (Å²) in [5, 5.41) is 3.60. The minimum atomic E-state index is -4.15. The second kappa shape index (κ2) is 14.9. The predicted molar refractivity (Wildman–Crippen MR) is 170 cm³/mol. The van der Waals surface area contributed by atoms with Crippen molar-refractivity contribution < 1.29 is 18.0 Å². The van der Waals surface area contributed by atoms with Crippen molar-refractivity contribution >= 4 is 50.7 Å². The van der Waals surface area contributed by atoms with E-state index in [0.717, 1.165) is 9.87 Å². The van der Waals surface area contributed by atoms with E-state index in [9.17, 15) is 18.0 Å². The molecule has 0 heterocycles. The minimum absolute atomic E-state index is 0.0492. The number of halogens is 2. The molecule has 0 saturated heterocycles. The van der Waals surface area contributed by atoms with Gasteiger partial charge < -0.3 is 10.2 Å². The van der Waals surface area contributed by atoms with E-state index in [1.807, 2.05) is 39.8 Å². The molecule has 7 nitrogen and oxygen atoms in total. The quantitative estimate of drug-likeness (QED) is 0.222. The molecule has 3 aromatic carbocycles. The third-order valence-electron chi connectivity index (χ3n) is 6.92. The highest BCUT2D eigenvalue weighted by atomic mass is 35.5. The first-order valence-electron chi connectivity index (χ1n) is 14.0. The van der Waals surface area contributed by atoms with Crippen molar-refractivity contribution in [1.82, 2.24) is 10.2 Å². The van der Waals surface area contributed by atoms with Crippen LogP contribution in [0.3, 0.4) is 0 Å². The lowest BCUT2D eigenvalue weighted by atomic mass is 10.0. The van der Waals surface area contributed by atoms with Gasteiger partial charge in [0.05, 0.1) is 10.6 Å². The number of sulfonamides is 1. The van der Waals surface area contributed by atoms with Gasteiger partial charge in [-0.15, -0.1) is 0 Å². The minimum Gasteiger partial charge on any atom is -0.354 e. The molecule has 3 rings (SSSR count). The Hall–Kier alpha value is -3.07. The van der Waals surface area contributed by atoms with Crippen LogP contribution in [0.25, 0.3) is 0 Å². The standard InChI is InChI=1S/C32H39Cl2N3O4S/c1-6-30(32(39)35-19-22(2)3)36(20-27-28(33)13-10-14-29(27)34)31(38)21-37(25-17-15-24(16-18-25)23(4)5)42(40,41)26-11-8-7-9-12-26/h7-18,22-23,30H,6,19-21H2,1-5H3,(H,35,39). The third kappa shape index (κ3) is 8.27. The first-order chi connectivity index (χ1) is 19.9. The fraction of sp³-hybridized carbons (Fsp3) is 0.375. The van der Waals surface area contributed by atoms with Crippen LogP contribution in [-0.2, 0) is 26.2 Å². The van der Waals surface area contributed by atoms with E-state index in [1.54, 1.807) is 55.5 Å². The van der Waals surface area contributed by atoms with E-state index in [4.69, 9.17) is 23.2 Å². The van der Waals surface area contributed by atoms with Gasteiger partial charge in [-0.1, -0.05) is 94.2 Å². The highest BCUT2D eigenvalue weighted by Crippen LogP contribution is 2.29. The van der Waals surface area contributed by atoms with Crippen LogP contribution in [0.5, 0.6) is 0 Å². The van der Waals surface area contributed by atoms with Crippen molar-refractivity contribution in [2.45, 2.75) is 64.4 Å². The Labute approximate surface area is 259 Å². The number of benzene rings is 3. The van der Waals surface area contributed by atoms with Crippen molar-refractivity contribution in [1.29, 1.82) is 0 Å². The zero-order valence-corrected chi connectivity index (χ0v) is 27.0. The van der Waals surface area contributed by atoms with Crippen LogP contribution < -0.4 is 9.62 Å². The topological polar surface area (TPSA) is 86.8 Å². The van der Waals surface area contributed by atoms with Gasteiger partial charge in [-0.2, -0.15) is 0 Å². The number of rotatable bonds is 13. The van der Waals surface area contributed by atoms with Crippen LogP contribution in [0.4, 0.5) is 5.69 Å². The maximum atomic E-state index is 14.2. The molecular weight excluding hydrogens is 593 g/mol. The summed E-state index contributed by atoms with van der Waals surface area (Å²) < 4.78 is 29.0. The molecule has 0 bridgehead atoms. The molecule has 0 fully saturated rings. The Morgan fingerprint density at radius 2 is 1.45 bits per heavy atom. The van der Waals surface area contributed by atoms with Gasteiger partial charge in [-0.25, -0.2) is 8.42 Å². The Balaban J connectivity index is 2.09. The molecule has 0 saturated carbocycles. The van der Waals surface area contributed by atoms with Gasteiger partial charge in [0.1, 0.15) is 12.6 Å². The molecule has 0 aliphatic rings. The Kier molecular flexibility index (Phi) is 11.9. The Bertz CT molecular complexity index is 1440. The lowest BCUT2D eigenvalue weighted by Gasteiger charge is -2.33. The molecule has 1 unspecified atom stereocenters. The smallest absolute Gasteiger partial charge is 0.264 e. The molecule has 0 spiro atoms. The number of amides is 2. The van der Waals surface area contributed by atoms with Gasteiger partial charge >= 0.3 is 0 Å². The summed E-state index contributed by atoms with van der Waals surface area (Å²) >= 11 is 12.9. The Morgan fingerprint density at radius 3 is 1.98 bits per heavy atom. The lowest BCUT2D eigenvalue weighted by Crippen LogP contribution is -2.52. The van der Waals surface area contributed by atoms with Gasteiger partial charge in [-0.3, -0.25) is 13.9 Å². The van der Waals surface area contributed by atoms with Crippen LogP contribution in [-0.4, -0.2) is 44.3 Å². The van der Waals surface area contributed by atoms with E-state index in [-0.39, 0.29) is 29.2 Å². The van der Waals surface area contributed by atoms with Gasteiger partial charge in [0.2, 0.25) is 11.8 Å². The highest BCUT2D eigenvalue weighted by Gasteiger charge is 2.34. The van der Waals surface area contributed by atoms with E-state index in [1.165, 1.54) is 17.0 Å². The zero-order valence-electron chi connectivity index (χ0n) is 24.7. The van der Waals surface area contributed by atoms with Gasteiger partial charge in [0.25, 0.3) is 10.0 Å². The molecule has 226 valence electrons. The number of carbonyl (C=O) groups is 2. The first kappa shape index (κ1) is 33.4. The van der Waals surface area contributed by atoms with Crippen molar-refractivity contribution in [3.63, 3.8) is 0 Å². The SMILES string of the molecule is CCC(C(=O)NCC(C)C)N(Cc1c(Cl)cccc1Cl)C(=O)CN(c1ccc(C(C)C)cc1)S(=O)(=O)c1ccccc1. The summed E-state index contributed by atoms with van der Waals surface area (Å²) in [6, 6.07) is 19.2. The molecule has 1 N–H and O–H groups in total. The maximum Gasteiger partial charge on any atom is 0.264 e. The molecule has 10 heteroatoms. The summed E-state index contributed by atoms with van der Waals surface area (Å²) in [5.74, 6) is -0.453. The Morgan fingerprint density at radius 1 is 0.857 bits per heavy atom. The van der Waals surface area contributed by atoms with E-state index >= 15 is 0 Å². The zero-order chi connectivity index (χ0) is 31.0. The fourth-order valence-corrected chi connectivity index (χ4v) is 6.42. The summed E-state index contributed by atoms with van der Waals surface area (Å²) in [4.78, 5) is 29.0. The molecule has 0 aromatic heterocycles. The third-order valence-corrected chi connectivity index (χ3v) is 9.41. The summed E-state index contributed by atoms with van der Waals surface area (Å²) in [5.41, 5.74) is 1.85. The van der Waals surface area contributed by atoms with Gasteiger partial charge in [0, 0.05) is 28.7 Å². The number of nitrogens with zero attached hydrogens (tertiary/aromatic N) is 2. The second-order valence-electron chi connectivity index (χ2n) is 10.9. The molecular formula is C32H39Cl2N3O4S. The van der Waals surface area contributed by atoms with Crippen LogP contribution >= 0.6 is 23.2 Å². The summed E-state index contributed by atoms with van der Waals surface area (Å²) in [7, 11) is -4.15. The molecule has 0 radical (unpaired) electrons. The van der Waals surface area contributed by atoms with Crippen molar-refractivity contribution in [2.75, 3.05) is 17.4 Å². The largest absolute Gasteiger partial charge is 0.354 e. The average molecular weight is 633 g/mol. The summed E-state index contributed by atoms with van der Waals surface area (Å²) in [6.45, 7) is 9.67. The number of nitrogens with one attached hydrogen (secondary N) is 1. The van der Waals surface area contributed by atoms with Crippen molar-refractivity contribution in [2.24, 2.45) is 5.92 Å². The number of hydrogen-bond donors (Lipinski definition) is 1. The second-order valence-corrected chi connectivity index (χ2v) is 13.5. The van der Waals surface area contributed by atoms with E-state index in [2.05, 4.69) is 5.32 Å². The first-order valence-corrected chi connectivity index (χ1v) is 16.2. The molecule has 0 aliphatic heterocycles.